The fraction of sp³-hybridized carbons (Fsp3) is 0.900. The van der Waals surface area contributed by atoms with Crippen LogP contribution in [0.15, 0.2) is 0 Å². The van der Waals surface area contributed by atoms with E-state index in [4.69, 9.17) is 4.74 Å². The second-order valence-electron chi connectivity index (χ2n) is 4.19. The van der Waals surface area contributed by atoms with E-state index in [1.807, 2.05) is 0 Å². The number of amides is 1. The topological polar surface area (TPSA) is 50.4 Å². The number of carbonyl (C=O) groups excluding carboxylic acids is 1. The van der Waals surface area contributed by atoms with Gasteiger partial charge < -0.3 is 15.4 Å². The third-order valence-electron chi connectivity index (χ3n) is 2.93. The van der Waals surface area contributed by atoms with E-state index in [0.717, 1.165) is 32.5 Å². The Morgan fingerprint density at radius 3 is 3.07 bits per heavy atom. The molecule has 80 valence electrons. The lowest BCUT2D eigenvalue weighted by atomic mass is 10.0. The van der Waals surface area contributed by atoms with Gasteiger partial charge in [0.2, 0.25) is 5.91 Å². The van der Waals surface area contributed by atoms with Crippen molar-refractivity contribution in [2.24, 2.45) is 5.92 Å². The predicted octanol–water partition coefficient (Wildman–Crippen LogP) is -0.109. The van der Waals surface area contributed by atoms with Crippen LogP contribution >= 0.6 is 0 Å². The van der Waals surface area contributed by atoms with Gasteiger partial charge in [0.1, 0.15) is 0 Å². The van der Waals surface area contributed by atoms with Crippen LogP contribution in [0.25, 0.3) is 0 Å². The van der Waals surface area contributed by atoms with Gasteiger partial charge in [-0.2, -0.15) is 0 Å². The van der Waals surface area contributed by atoms with Crippen molar-refractivity contribution in [3.8, 4) is 0 Å². The van der Waals surface area contributed by atoms with Crippen LogP contribution in [-0.2, 0) is 9.53 Å². The molecule has 2 atom stereocenters. The van der Waals surface area contributed by atoms with E-state index in [0.29, 0.717) is 18.9 Å². The molecule has 0 saturated carbocycles. The highest BCUT2D eigenvalue weighted by molar-refractivity contribution is 5.76. The lowest BCUT2D eigenvalue weighted by molar-refractivity contribution is -0.122. The predicted molar refractivity (Wildman–Crippen MR) is 53.0 cm³/mol. The summed E-state index contributed by atoms with van der Waals surface area (Å²) in [7, 11) is 0. The Morgan fingerprint density at radius 1 is 1.50 bits per heavy atom. The van der Waals surface area contributed by atoms with E-state index in [9.17, 15) is 4.79 Å². The molecule has 2 aliphatic rings. The Labute approximate surface area is 84.4 Å². The van der Waals surface area contributed by atoms with Gasteiger partial charge in [-0.1, -0.05) is 0 Å². The van der Waals surface area contributed by atoms with Crippen LogP contribution in [0, 0.1) is 5.92 Å². The molecule has 2 N–H and O–H groups in total. The van der Waals surface area contributed by atoms with E-state index in [1.165, 1.54) is 0 Å². The maximum absolute atomic E-state index is 11.6. The first-order chi connectivity index (χ1) is 6.84. The van der Waals surface area contributed by atoms with Crippen molar-refractivity contribution in [1.82, 2.24) is 10.6 Å². The number of carbonyl (C=O) groups is 1. The van der Waals surface area contributed by atoms with Crippen molar-refractivity contribution in [3.05, 3.63) is 0 Å². The Bertz CT molecular complexity index is 176. The van der Waals surface area contributed by atoms with Crippen LogP contribution < -0.4 is 10.6 Å². The van der Waals surface area contributed by atoms with E-state index in [1.54, 1.807) is 0 Å². The van der Waals surface area contributed by atoms with Crippen molar-refractivity contribution in [2.45, 2.75) is 25.3 Å². The zero-order chi connectivity index (χ0) is 9.80. The molecule has 0 radical (unpaired) electrons. The van der Waals surface area contributed by atoms with Gasteiger partial charge in [-0.15, -0.1) is 0 Å². The van der Waals surface area contributed by atoms with Crippen LogP contribution in [0.2, 0.25) is 0 Å². The van der Waals surface area contributed by atoms with E-state index < -0.39 is 0 Å². The number of hydrogen-bond donors (Lipinski definition) is 2. The van der Waals surface area contributed by atoms with Gasteiger partial charge >= 0.3 is 0 Å². The Kier molecular flexibility index (Phi) is 3.37. The Hall–Kier alpha value is -0.610. The maximum Gasteiger partial charge on any atom is 0.220 e. The van der Waals surface area contributed by atoms with Crippen LogP contribution in [0.3, 0.4) is 0 Å². The van der Waals surface area contributed by atoms with Crippen LogP contribution in [0.4, 0.5) is 0 Å². The quantitative estimate of drug-likeness (QED) is 0.665. The normalized spacial score (nSPS) is 32.0. The van der Waals surface area contributed by atoms with E-state index in [2.05, 4.69) is 10.6 Å². The SMILES string of the molecule is O=C(CC1CCNC1)NC1CCOC1. The molecule has 4 heteroatoms. The second-order valence-corrected chi connectivity index (χ2v) is 4.19. The lowest BCUT2D eigenvalue weighted by Crippen LogP contribution is -2.36. The van der Waals surface area contributed by atoms with Gasteiger partial charge in [-0.25, -0.2) is 0 Å². The minimum absolute atomic E-state index is 0.189. The average molecular weight is 198 g/mol. The molecule has 0 aromatic carbocycles. The van der Waals surface area contributed by atoms with Crippen LogP contribution in [-0.4, -0.2) is 38.3 Å². The summed E-state index contributed by atoms with van der Waals surface area (Å²) in [6.45, 7) is 3.53. The second kappa shape index (κ2) is 4.75. The van der Waals surface area contributed by atoms with Crippen molar-refractivity contribution in [3.63, 3.8) is 0 Å². The molecule has 4 nitrogen and oxygen atoms in total. The standard InChI is InChI=1S/C10H18N2O2/c13-10(5-8-1-3-11-6-8)12-9-2-4-14-7-9/h8-9,11H,1-7H2,(H,12,13). The van der Waals surface area contributed by atoms with E-state index >= 15 is 0 Å². The van der Waals surface area contributed by atoms with Crippen LogP contribution in [0.1, 0.15) is 19.3 Å². The molecule has 2 fully saturated rings. The van der Waals surface area contributed by atoms with Gasteiger partial charge in [0.25, 0.3) is 0 Å². The molecule has 2 unspecified atom stereocenters. The molecule has 1 amide bonds. The summed E-state index contributed by atoms with van der Waals surface area (Å²) in [4.78, 5) is 11.6. The molecule has 0 aromatic heterocycles. The smallest absolute Gasteiger partial charge is 0.220 e. The third-order valence-corrected chi connectivity index (χ3v) is 2.93. The monoisotopic (exact) mass is 198 g/mol. The number of hydrogen-bond acceptors (Lipinski definition) is 3. The molecule has 0 bridgehead atoms. The zero-order valence-corrected chi connectivity index (χ0v) is 8.42. The van der Waals surface area contributed by atoms with Crippen molar-refractivity contribution >= 4 is 5.91 Å². The minimum atomic E-state index is 0.189. The van der Waals surface area contributed by atoms with Gasteiger partial charge in [0.05, 0.1) is 12.6 Å². The lowest BCUT2D eigenvalue weighted by Gasteiger charge is -2.12. The largest absolute Gasteiger partial charge is 0.379 e. The fourth-order valence-electron chi connectivity index (χ4n) is 2.09. The first-order valence-electron chi connectivity index (χ1n) is 5.42. The van der Waals surface area contributed by atoms with E-state index in [-0.39, 0.29) is 11.9 Å². The Balaban J connectivity index is 1.66. The molecular formula is C10H18N2O2. The summed E-state index contributed by atoms with van der Waals surface area (Å²) in [5, 5.41) is 6.28. The molecule has 0 aromatic rings. The van der Waals surface area contributed by atoms with Crippen LogP contribution in [0.5, 0.6) is 0 Å². The first kappa shape index (κ1) is 9.93. The fourth-order valence-corrected chi connectivity index (χ4v) is 2.09. The molecular weight excluding hydrogens is 180 g/mol. The summed E-state index contributed by atoms with van der Waals surface area (Å²) in [5.41, 5.74) is 0. The molecule has 2 aliphatic heterocycles. The summed E-state index contributed by atoms with van der Waals surface area (Å²) in [5.74, 6) is 0.728. The van der Waals surface area contributed by atoms with Crippen molar-refractivity contribution in [2.75, 3.05) is 26.3 Å². The summed E-state index contributed by atoms with van der Waals surface area (Å²) >= 11 is 0. The maximum atomic E-state index is 11.6. The summed E-state index contributed by atoms with van der Waals surface area (Å²) in [6, 6.07) is 0.261. The average Bonchev–Trinajstić information content (AvgIpc) is 2.76. The number of nitrogens with one attached hydrogen (secondary N) is 2. The highest BCUT2D eigenvalue weighted by atomic mass is 16.5. The summed E-state index contributed by atoms with van der Waals surface area (Å²) < 4.78 is 5.20. The minimum Gasteiger partial charge on any atom is -0.379 e. The third kappa shape index (κ3) is 2.69. The number of rotatable bonds is 3. The van der Waals surface area contributed by atoms with Gasteiger partial charge in [-0.05, 0) is 31.8 Å². The first-order valence-corrected chi connectivity index (χ1v) is 5.42. The molecule has 2 rings (SSSR count). The number of ether oxygens (including phenoxy) is 1. The highest BCUT2D eigenvalue weighted by Crippen LogP contribution is 2.12. The highest BCUT2D eigenvalue weighted by Gasteiger charge is 2.21. The van der Waals surface area contributed by atoms with Crippen molar-refractivity contribution < 1.29 is 9.53 Å². The Morgan fingerprint density at radius 2 is 2.43 bits per heavy atom. The van der Waals surface area contributed by atoms with Gasteiger partial charge in [-0.3, -0.25) is 4.79 Å². The van der Waals surface area contributed by atoms with Gasteiger partial charge in [0.15, 0.2) is 0 Å². The molecule has 14 heavy (non-hydrogen) atoms. The van der Waals surface area contributed by atoms with Gasteiger partial charge in [0, 0.05) is 13.0 Å². The summed E-state index contributed by atoms with van der Waals surface area (Å²) in [6.07, 6.45) is 2.77. The zero-order valence-electron chi connectivity index (χ0n) is 8.42. The molecule has 2 heterocycles. The molecule has 0 spiro atoms. The molecule has 0 aliphatic carbocycles. The van der Waals surface area contributed by atoms with Crippen molar-refractivity contribution in [1.29, 1.82) is 0 Å². The molecule has 2 saturated heterocycles.